The van der Waals surface area contributed by atoms with Gasteiger partial charge in [-0.25, -0.2) is 4.39 Å². The largest absolute Gasteiger partial charge is 0.317 e. The van der Waals surface area contributed by atoms with Crippen LogP contribution < -0.4 is 10.0 Å². The van der Waals surface area contributed by atoms with Gasteiger partial charge in [0.05, 0.1) is 5.69 Å². The van der Waals surface area contributed by atoms with Crippen LogP contribution in [-0.2, 0) is 10.2 Å². The zero-order valence-corrected chi connectivity index (χ0v) is 13.6. The summed E-state index contributed by atoms with van der Waals surface area (Å²) in [6.07, 6.45) is 1.77. The van der Waals surface area contributed by atoms with Crippen molar-refractivity contribution in [3.8, 4) is 0 Å². The molecule has 0 radical (unpaired) electrons. The molecule has 0 atom stereocenters. The van der Waals surface area contributed by atoms with Crippen LogP contribution in [0, 0.1) is 12.7 Å². The molecule has 7 heteroatoms. The van der Waals surface area contributed by atoms with E-state index in [2.05, 4.69) is 17.0 Å². The first kappa shape index (κ1) is 17.9. The van der Waals surface area contributed by atoms with Gasteiger partial charge in [-0.15, -0.1) is 0 Å². The van der Waals surface area contributed by atoms with Crippen LogP contribution in [0.2, 0.25) is 0 Å². The summed E-state index contributed by atoms with van der Waals surface area (Å²) in [5.74, 6) is -0.468. The minimum Gasteiger partial charge on any atom is -0.317 e. The maximum absolute atomic E-state index is 13.2. The SMILES string of the molecule is CCCNCCCN(C)S(=O)(=O)Nc1cc(F)ccc1C. The van der Waals surface area contributed by atoms with Crippen molar-refractivity contribution in [2.24, 2.45) is 0 Å². The molecule has 1 rings (SSSR count). The van der Waals surface area contributed by atoms with Crippen LogP contribution in [0.25, 0.3) is 0 Å². The predicted octanol–water partition coefficient (Wildman–Crippen LogP) is 2.11. The first-order chi connectivity index (χ1) is 9.86. The minimum absolute atomic E-state index is 0.269. The van der Waals surface area contributed by atoms with E-state index < -0.39 is 16.0 Å². The van der Waals surface area contributed by atoms with Crippen molar-refractivity contribution < 1.29 is 12.8 Å². The molecule has 120 valence electrons. The second-order valence-corrected chi connectivity index (χ2v) is 6.77. The average Bonchev–Trinajstić information content (AvgIpc) is 2.42. The summed E-state index contributed by atoms with van der Waals surface area (Å²) >= 11 is 0. The van der Waals surface area contributed by atoms with Gasteiger partial charge in [-0.3, -0.25) is 4.72 Å². The van der Waals surface area contributed by atoms with Crippen LogP contribution in [0.1, 0.15) is 25.3 Å². The van der Waals surface area contributed by atoms with Crippen LogP contribution in [0.5, 0.6) is 0 Å². The lowest BCUT2D eigenvalue weighted by Gasteiger charge is -2.19. The first-order valence-corrected chi connectivity index (χ1v) is 8.51. The van der Waals surface area contributed by atoms with Gasteiger partial charge in [-0.1, -0.05) is 13.0 Å². The Balaban J connectivity index is 2.57. The molecule has 0 amide bonds. The third kappa shape index (κ3) is 5.99. The maximum Gasteiger partial charge on any atom is 0.301 e. The Bertz CT molecular complexity index is 549. The van der Waals surface area contributed by atoms with Gasteiger partial charge in [0.1, 0.15) is 5.82 Å². The molecule has 1 aromatic rings. The molecule has 2 N–H and O–H groups in total. The summed E-state index contributed by atoms with van der Waals surface area (Å²) in [6, 6.07) is 4.03. The first-order valence-electron chi connectivity index (χ1n) is 7.07. The van der Waals surface area contributed by atoms with Gasteiger partial charge in [0.2, 0.25) is 0 Å². The summed E-state index contributed by atoms with van der Waals surface area (Å²) in [5, 5.41) is 3.22. The number of halogens is 1. The lowest BCUT2D eigenvalue weighted by atomic mass is 10.2. The molecular formula is C14H24FN3O2S. The van der Waals surface area contributed by atoms with Crippen molar-refractivity contribution in [3.05, 3.63) is 29.6 Å². The van der Waals surface area contributed by atoms with Crippen molar-refractivity contribution in [2.45, 2.75) is 26.7 Å². The molecule has 0 aliphatic carbocycles. The highest BCUT2D eigenvalue weighted by Crippen LogP contribution is 2.18. The Morgan fingerprint density at radius 1 is 1.29 bits per heavy atom. The maximum atomic E-state index is 13.2. The van der Waals surface area contributed by atoms with Crippen molar-refractivity contribution in [2.75, 3.05) is 31.4 Å². The molecule has 0 unspecified atom stereocenters. The molecular weight excluding hydrogens is 293 g/mol. The van der Waals surface area contributed by atoms with E-state index >= 15 is 0 Å². The molecule has 21 heavy (non-hydrogen) atoms. The third-order valence-electron chi connectivity index (χ3n) is 3.10. The number of aryl methyl sites for hydroxylation is 1. The van der Waals surface area contributed by atoms with E-state index in [0.29, 0.717) is 12.1 Å². The normalized spacial score (nSPS) is 11.9. The van der Waals surface area contributed by atoms with E-state index in [1.165, 1.54) is 23.5 Å². The van der Waals surface area contributed by atoms with Crippen molar-refractivity contribution in [3.63, 3.8) is 0 Å². The topological polar surface area (TPSA) is 61.4 Å². The summed E-state index contributed by atoms with van der Waals surface area (Å²) in [7, 11) is -2.15. The number of hydrogen-bond donors (Lipinski definition) is 2. The fourth-order valence-electron chi connectivity index (χ4n) is 1.77. The molecule has 0 aliphatic rings. The number of anilines is 1. The van der Waals surface area contributed by atoms with E-state index in [1.807, 2.05) is 0 Å². The molecule has 0 saturated carbocycles. The third-order valence-corrected chi connectivity index (χ3v) is 4.58. The monoisotopic (exact) mass is 317 g/mol. The standard InChI is InChI=1S/C14H24FN3O2S/c1-4-8-16-9-5-10-18(3)21(19,20)17-14-11-13(15)7-6-12(14)2/h6-7,11,16-17H,4-5,8-10H2,1-3H3. The van der Waals surface area contributed by atoms with E-state index in [4.69, 9.17) is 0 Å². The molecule has 5 nitrogen and oxygen atoms in total. The van der Waals surface area contributed by atoms with Crippen LogP contribution in [0.3, 0.4) is 0 Å². The van der Waals surface area contributed by atoms with Crippen molar-refractivity contribution >= 4 is 15.9 Å². The Morgan fingerprint density at radius 2 is 2.00 bits per heavy atom. The van der Waals surface area contributed by atoms with Gasteiger partial charge in [0, 0.05) is 13.6 Å². The number of nitrogens with one attached hydrogen (secondary N) is 2. The fraction of sp³-hybridized carbons (Fsp3) is 0.571. The molecule has 0 aromatic heterocycles. The Labute approximate surface area is 126 Å². The quantitative estimate of drug-likeness (QED) is 0.686. The van der Waals surface area contributed by atoms with Crippen LogP contribution >= 0.6 is 0 Å². The van der Waals surface area contributed by atoms with Crippen LogP contribution in [-0.4, -0.2) is 39.4 Å². The Hall–Kier alpha value is -1.18. The highest BCUT2D eigenvalue weighted by molar-refractivity contribution is 7.90. The second kappa shape index (κ2) is 8.31. The zero-order valence-electron chi connectivity index (χ0n) is 12.8. The molecule has 0 bridgehead atoms. The van der Waals surface area contributed by atoms with Crippen LogP contribution in [0.15, 0.2) is 18.2 Å². The lowest BCUT2D eigenvalue weighted by Crippen LogP contribution is -2.34. The zero-order chi connectivity index (χ0) is 15.9. The van der Waals surface area contributed by atoms with Gasteiger partial charge in [0.25, 0.3) is 0 Å². The predicted molar refractivity (Wildman–Crippen MR) is 84.1 cm³/mol. The molecule has 0 spiro atoms. The summed E-state index contributed by atoms with van der Waals surface area (Å²) < 4.78 is 41.2. The number of hydrogen-bond acceptors (Lipinski definition) is 3. The molecule has 0 fully saturated rings. The second-order valence-electron chi connectivity index (χ2n) is 4.99. The van der Waals surface area contributed by atoms with E-state index in [9.17, 15) is 12.8 Å². The molecule has 0 saturated heterocycles. The van der Waals surface area contributed by atoms with Gasteiger partial charge in [-0.2, -0.15) is 12.7 Å². The van der Waals surface area contributed by atoms with Gasteiger partial charge in [-0.05, 0) is 50.6 Å². The van der Waals surface area contributed by atoms with Gasteiger partial charge < -0.3 is 5.32 Å². The summed E-state index contributed by atoms with van der Waals surface area (Å²) in [6.45, 7) is 5.91. The number of rotatable bonds is 9. The number of nitrogens with zero attached hydrogens (tertiary/aromatic N) is 1. The molecule has 1 aromatic carbocycles. The molecule has 0 aliphatic heterocycles. The van der Waals surface area contributed by atoms with E-state index in [1.54, 1.807) is 13.0 Å². The van der Waals surface area contributed by atoms with Gasteiger partial charge in [0.15, 0.2) is 0 Å². The van der Waals surface area contributed by atoms with Crippen molar-refractivity contribution in [1.82, 2.24) is 9.62 Å². The van der Waals surface area contributed by atoms with Gasteiger partial charge >= 0.3 is 10.2 Å². The van der Waals surface area contributed by atoms with E-state index in [-0.39, 0.29) is 5.69 Å². The number of benzene rings is 1. The highest BCUT2D eigenvalue weighted by atomic mass is 32.2. The van der Waals surface area contributed by atoms with Crippen molar-refractivity contribution in [1.29, 1.82) is 0 Å². The average molecular weight is 317 g/mol. The smallest absolute Gasteiger partial charge is 0.301 e. The summed E-state index contributed by atoms with van der Waals surface area (Å²) in [4.78, 5) is 0. The lowest BCUT2D eigenvalue weighted by molar-refractivity contribution is 0.458. The Kier molecular flexibility index (Phi) is 7.07. The molecule has 0 heterocycles. The van der Waals surface area contributed by atoms with E-state index in [0.717, 1.165) is 25.9 Å². The fourth-order valence-corrected chi connectivity index (χ4v) is 2.79. The minimum atomic E-state index is -3.66. The van der Waals surface area contributed by atoms with Crippen LogP contribution in [0.4, 0.5) is 10.1 Å². The highest BCUT2D eigenvalue weighted by Gasteiger charge is 2.18. The summed E-state index contributed by atoms with van der Waals surface area (Å²) in [5.41, 5.74) is 0.948. The Morgan fingerprint density at radius 3 is 2.67 bits per heavy atom.